The van der Waals surface area contributed by atoms with Crippen LogP contribution in [0.25, 0.3) is 0 Å². The molecule has 1 atom stereocenters. The molecule has 2 heteroatoms. The van der Waals surface area contributed by atoms with Crippen LogP contribution < -0.4 is 10.1 Å². The second-order valence-electron chi connectivity index (χ2n) is 5.20. The van der Waals surface area contributed by atoms with E-state index in [9.17, 15) is 0 Å². The largest absolute Gasteiger partial charge is 0.494 e. The summed E-state index contributed by atoms with van der Waals surface area (Å²) in [4.78, 5) is 0. The van der Waals surface area contributed by atoms with Crippen molar-refractivity contribution in [1.82, 2.24) is 5.32 Å². The summed E-state index contributed by atoms with van der Waals surface area (Å²) < 4.78 is 5.74. The van der Waals surface area contributed by atoms with Gasteiger partial charge in [-0.1, -0.05) is 43.9 Å². The van der Waals surface area contributed by atoms with E-state index in [1.165, 1.54) is 37.7 Å². The summed E-state index contributed by atoms with van der Waals surface area (Å²) in [6, 6.07) is 8.86. The van der Waals surface area contributed by atoms with E-state index >= 15 is 0 Å². The predicted octanol–water partition coefficient (Wildman–Crippen LogP) is 3.93. The molecule has 1 N–H and O–H groups in total. The van der Waals surface area contributed by atoms with Crippen LogP contribution in [0, 0.1) is 5.92 Å². The molecule has 1 aromatic carbocycles. The molecule has 1 aromatic rings. The van der Waals surface area contributed by atoms with Crippen LogP contribution in [0.3, 0.4) is 0 Å². The molecular weight excluding hydrogens is 222 g/mol. The fourth-order valence-corrected chi connectivity index (χ4v) is 3.04. The zero-order valence-corrected chi connectivity index (χ0v) is 11.6. The Kier molecular flexibility index (Phi) is 5.06. The van der Waals surface area contributed by atoms with Gasteiger partial charge in [0.15, 0.2) is 0 Å². The van der Waals surface area contributed by atoms with Crippen molar-refractivity contribution >= 4 is 0 Å². The molecule has 1 aliphatic carbocycles. The molecule has 0 bridgehead atoms. The van der Waals surface area contributed by atoms with E-state index in [1.807, 2.05) is 6.92 Å². The first-order valence-electron chi connectivity index (χ1n) is 7.24. The summed E-state index contributed by atoms with van der Waals surface area (Å²) in [5.41, 5.74) is 1.31. The van der Waals surface area contributed by atoms with Crippen LogP contribution >= 0.6 is 0 Å². The molecule has 0 aliphatic heterocycles. The van der Waals surface area contributed by atoms with E-state index in [0.717, 1.165) is 18.3 Å². The lowest BCUT2D eigenvalue weighted by Gasteiger charge is -2.22. The summed E-state index contributed by atoms with van der Waals surface area (Å²) in [6.07, 6.45) is 6.85. The van der Waals surface area contributed by atoms with Crippen molar-refractivity contribution in [3.05, 3.63) is 29.8 Å². The maximum Gasteiger partial charge on any atom is 0.124 e. The lowest BCUT2D eigenvalue weighted by molar-refractivity contribution is 0.326. The second kappa shape index (κ2) is 6.79. The third-order valence-electron chi connectivity index (χ3n) is 3.99. The quantitative estimate of drug-likeness (QED) is 0.822. The lowest BCUT2D eigenvalue weighted by Crippen LogP contribution is -2.20. The zero-order chi connectivity index (χ0) is 12.8. The molecule has 2 nitrogen and oxygen atoms in total. The molecule has 2 rings (SSSR count). The fourth-order valence-electron chi connectivity index (χ4n) is 3.04. The molecule has 0 aromatic heterocycles. The summed E-state index contributed by atoms with van der Waals surface area (Å²) in [5, 5.41) is 3.46. The summed E-state index contributed by atoms with van der Waals surface area (Å²) in [6.45, 7) is 2.78. The Bertz CT molecular complexity index is 358. The highest BCUT2D eigenvalue weighted by molar-refractivity contribution is 5.36. The highest BCUT2D eigenvalue weighted by Crippen LogP contribution is 2.35. The van der Waals surface area contributed by atoms with E-state index in [1.54, 1.807) is 0 Å². The monoisotopic (exact) mass is 247 g/mol. The molecule has 0 amide bonds. The van der Waals surface area contributed by atoms with Gasteiger partial charge in [0.25, 0.3) is 0 Å². The second-order valence-corrected chi connectivity index (χ2v) is 5.20. The van der Waals surface area contributed by atoms with Gasteiger partial charge in [0, 0.05) is 11.6 Å². The van der Waals surface area contributed by atoms with Crippen LogP contribution in [-0.4, -0.2) is 13.7 Å². The number of ether oxygens (including phenoxy) is 1. The third kappa shape index (κ3) is 3.26. The Balaban J connectivity index is 2.10. The van der Waals surface area contributed by atoms with Crippen LogP contribution in [-0.2, 0) is 0 Å². The summed E-state index contributed by atoms with van der Waals surface area (Å²) >= 11 is 0. The van der Waals surface area contributed by atoms with E-state index in [0.29, 0.717) is 6.04 Å². The van der Waals surface area contributed by atoms with E-state index in [-0.39, 0.29) is 0 Å². The van der Waals surface area contributed by atoms with Gasteiger partial charge in [-0.05, 0) is 32.4 Å². The number of benzene rings is 1. The standard InChI is InChI=1S/C16H25NO/c1-3-18-16-11-7-6-10-14(16)15(17-2)12-13-8-4-5-9-13/h6-7,10-11,13,15,17H,3-5,8-9,12H2,1-2H3. The molecular formula is C16H25NO. The summed E-state index contributed by atoms with van der Waals surface area (Å²) in [7, 11) is 2.06. The van der Waals surface area contributed by atoms with Crippen molar-refractivity contribution < 1.29 is 4.74 Å². The van der Waals surface area contributed by atoms with Gasteiger partial charge in [0.2, 0.25) is 0 Å². The van der Waals surface area contributed by atoms with Crippen LogP contribution in [0.5, 0.6) is 5.75 Å². The van der Waals surface area contributed by atoms with Gasteiger partial charge in [0.05, 0.1) is 6.61 Å². The molecule has 1 unspecified atom stereocenters. The lowest BCUT2D eigenvalue weighted by atomic mass is 9.93. The molecule has 0 heterocycles. The van der Waals surface area contributed by atoms with Crippen molar-refractivity contribution in [3.8, 4) is 5.75 Å². The third-order valence-corrected chi connectivity index (χ3v) is 3.99. The van der Waals surface area contributed by atoms with Crippen molar-refractivity contribution in [2.75, 3.05) is 13.7 Å². The van der Waals surface area contributed by atoms with E-state index in [2.05, 4.69) is 36.6 Å². The normalized spacial score (nSPS) is 17.9. The van der Waals surface area contributed by atoms with Crippen molar-refractivity contribution in [2.45, 2.75) is 45.1 Å². The minimum Gasteiger partial charge on any atom is -0.494 e. The van der Waals surface area contributed by atoms with Gasteiger partial charge in [-0.2, -0.15) is 0 Å². The molecule has 1 fully saturated rings. The zero-order valence-electron chi connectivity index (χ0n) is 11.6. The Morgan fingerprint density at radius 3 is 2.67 bits per heavy atom. The Morgan fingerprint density at radius 2 is 2.00 bits per heavy atom. The minimum atomic E-state index is 0.427. The van der Waals surface area contributed by atoms with Crippen molar-refractivity contribution in [3.63, 3.8) is 0 Å². The maximum atomic E-state index is 5.74. The maximum absolute atomic E-state index is 5.74. The van der Waals surface area contributed by atoms with Gasteiger partial charge in [0.1, 0.15) is 5.75 Å². The van der Waals surface area contributed by atoms with E-state index < -0.39 is 0 Å². The molecule has 0 spiro atoms. The predicted molar refractivity (Wildman–Crippen MR) is 76.0 cm³/mol. The van der Waals surface area contributed by atoms with Crippen LogP contribution in [0.15, 0.2) is 24.3 Å². The summed E-state index contributed by atoms with van der Waals surface area (Å²) in [5.74, 6) is 1.93. The number of rotatable bonds is 6. The molecule has 1 aliphatic rings. The SMILES string of the molecule is CCOc1ccccc1C(CC1CCCC1)NC. The molecule has 0 radical (unpaired) electrons. The van der Waals surface area contributed by atoms with Crippen LogP contribution in [0.2, 0.25) is 0 Å². The van der Waals surface area contributed by atoms with Crippen LogP contribution in [0.1, 0.15) is 50.6 Å². The topological polar surface area (TPSA) is 21.3 Å². The van der Waals surface area contributed by atoms with E-state index in [4.69, 9.17) is 4.74 Å². The first-order valence-corrected chi connectivity index (χ1v) is 7.24. The van der Waals surface area contributed by atoms with Crippen molar-refractivity contribution in [1.29, 1.82) is 0 Å². The molecule has 18 heavy (non-hydrogen) atoms. The number of nitrogens with one attached hydrogen (secondary N) is 1. The average molecular weight is 247 g/mol. The minimum absolute atomic E-state index is 0.427. The molecule has 1 saturated carbocycles. The first-order chi connectivity index (χ1) is 8.85. The number of para-hydroxylation sites is 1. The Hall–Kier alpha value is -1.02. The number of hydrogen-bond donors (Lipinski definition) is 1. The molecule has 100 valence electrons. The van der Waals surface area contributed by atoms with Gasteiger partial charge >= 0.3 is 0 Å². The first kappa shape index (κ1) is 13.4. The van der Waals surface area contributed by atoms with Crippen molar-refractivity contribution in [2.24, 2.45) is 5.92 Å². The highest BCUT2D eigenvalue weighted by atomic mass is 16.5. The Labute approximate surface area is 111 Å². The fraction of sp³-hybridized carbons (Fsp3) is 0.625. The van der Waals surface area contributed by atoms with Crippen LogP contribution in [0.4, 0.5) is 0 Å². The smallest absolute Gasteiger partial charge is 0.124 e. The van der Waals surface area contributed by atoms with Gasteiger partial charge < -0.3 is 10.1 Å². The Morgan fingerprint density at radius 1 is 1.28 bits per heavy atom. The number of hydrogen-bond acceptors (Lipinski definition) is 2. The van der Waals surface area contributed by atoms with Gasteiger partial charge in [-0.15, -0.1) is 0 Å². The highest BCUT2D eigenvalue weighted by Gasteiger charge is 2.22. The van der Waals surface area contributed by atoms with Gasteiger partial charge in [-0.3, -0.25) is 0 Å². The molecule has 0 saturated heterocycles. The average Bonchev–Trinajstić information content (AvgIpc) is 2.90. The van der Waals surface area contributed by atoms with Gasteiger partial charge in [-0.25, -0.2) is 0 Å².